The van der Waals surface area contributed by atoms with Gasteiger partial charge in [0.2, 0.25) is 0 Å². The van der Waals surface area contributed by atoms with Gasteiger partial charge in [0.1, 0.15) is 18.0 Å². The van der Waals surface area contributed by atoms with Crippen LogP contribution in [0.25, 0.3) is 0 Å². The number of benzene rings is 3. The average molecular weight is 417 g/mol. The second kappa shape index (κ2) is 8.73. The minimum Gasteiger partial charge on any atom is -0.489 e. The van der Waals surface area contributed by atoms with Crippen molar-refractivity contribution < 1.29 is 14.5 Å². The number of rotatable bonds is 6. The predicted molar refractivity (Wildman–Crippen MR) is 108 cm³/mol. The van der Waals surface area contributed by atoms with Crippen LogP contribution in [-0.4, -0.2) is 10.8 Å². The number of carbonyl (C=O) groups is 1. The van der Waals surface area contributed by atoms with E-state index < -0.39 is 10.8 Å². The molecule has 0 saturated carbocycles. The summed E-state index contributed by atoms with van der Waals surface area (Å²) in [6, 6.07) is 17.8. The number of halogens is 2. The molecule has 0 unspecified atom stereocenters. The van der Waals surface area contributed by atoms with Gasteiger partial charge in [-0.2, -0.15) is 0 Å². The minimum absolute atomic E-state index is 0.0783. The monoisotopic (exact) mass is 416 g/mol. The number of hydrogen-bond acceptors (Lipinski definition) is 4. The third kappa shape index (κ3) is 5.00. The SMILES string of the molecule is O=C(Nc1ccc(Cl)cc1[N+](=O)[O-])c1ccc(COc2ccc(Cl)cc2)cc1. The molecule has 0 aromatic heterocycles. The fourth-order valence-electron chi connectivity index (χ4n) is 2.41. The molecule has 3 aromatic carbocycles. The van der Waals surface area contributed by atoms with E-state index in [-0.39, 0.29) is 16.4 Å². The molecule has 142 valence electrons. The summed E-state index contributed by atoms with van der Waals surface area (Å²) in [4.78, 5) is 22.9. The highest BCUT2D eigenvalue weighted by atomic mass is 35.5. The van der Waals surface area contributed by atoms with Gasteiger partial charge in [0.25, 0.3) is 11.6 Å². The molecule has 0 aliphatic heterocycles. The van der Waals surface area contributed by atoms with Crippen LogP contribution >= 0.6 is 23.2 Å². The Hall–Kier alpha value is -3.09. The second-order valence-electron chi connectivity index (χ2n) is 5.81. The number of carbonyl (C=O) groups excluding carboxylic acids is 1. The first-order chi connectivity index (χ1) is 13.4. The Morgan fingerprint density at radius 3 is 2.25 bits per heavy atom. The van der Waals surface area contributed by atoms with Crippen LogP contribution in [0.4, 0.5) is 11.4 Å². The van der Waals surface area contributed by atoms with Crippen LogP contribution in [0.1, 0.15) is 15.9 Å². The summed E-state index contributed by atoms with van der Waals surface area (Å²) in [5, 5.41) is 14.5. The zero-order chi connectivity index (χ0) is 20.1. The lowest BCUT2D eigenvalue weighted by atomic mass is 10.1. The first-order valence-electron chi connectivity index (χ1n) is 8.15. The van der Waals surface area contributed by atoms with E-state index in [1.165, 1.54) is 18.2 Å². The molecule has 3 rings (SSSR count). The predicted octanol–water partition coefficient (Wildman–Crippen LogP) is 5.73. The molecule has 0 aliphatic rings. The van der Waals surface area contributed by atoms with Gasteiger partial charge in [-0.05, 0) is 54.1 Å². The summed E-state index contributed by atoms with van der Waals surface area (Å²) in [7, 11) is 0. The van der Waals surface area contributed by atoms with Gasteiger partial charge in [-0.15, -0.1) is 0 Å². The summed E-state index contributed by atoms with van der Waals surface area (Å²) < 4.78 is 5.65. The molecule has 8 heteroatoms. The minimum atomic E-state index is -0.599. The zero-order valence-electron chi connectivity index (χ0n) is 14.4. The number of ether oxygens (including phenoxy) is 1. The summed E-state index contributed by atoms with van der Waals surface area (Å²) in [5.74, 6) is 0.219. The molecule has 0 heterocycles. The smallest absolute Gasteiger partial charge is 0.294 e. The molecular weight excluding hydrogens is 403 g/mol. The maximum absolute atomic E-state index is 12.4. The average Bonchev–Trinajstić information content (AvgIpc) is 2.69. The Labute approximate surface area is 170 Å². The Morgan fingerprint density at radius 1 is 0.964 bits per heavy atom. The Bertz CT molecular complexity index is 1010. The number of nitrogens with one attached hydrogen (secondary N) is 1. The molecule has 0 radical (unpaired) electrons. The molecule has 0 bridgehead atoms. The van der Waals surface area contributed by atoms with E-state index in [1.54, 1.807) is 48.5 Å². The highest BCUT2D eigenvalue weighted by Gasteiger charge is 2.17. The van der Waals surface area contributed by atoms with Gasteiger partial charge in [0, 0.05) is 21.7 Å². The van der Waals surface area contributed by atoms with Crippen molar-refractivity contribution in [3.63, 3.8) is 0 Å². The number of hydrogen-bond donors (Lipinski definition) is 1. The number of amides is 1. The highest BCUT2D eigenvalue weighted by Crippen LogP contribution is 2.28. The maximum atomic E-state index is 12.4. The molecule has 3 aromatic rings. The fraction of sp³-hybridized carbons (Fsp3) is 0.0500. The zero-order valence-corrected chi connectivity index (χ0v) is 15.9. The molecule has 0 saturated heterocycles. The van der Waals surface area contributed by atoms with Gasteiger partial charge >= 0.3 is 0 Å². The first kappa shape index (κ1) is 19.7. The molecule has 1 N–H and O–H groups in total. The first-order valence-corrected chi connectivity index (χ1v) is 8.90. The molecule has 1 amide bonds. The molecule has 0 fully saturated rings. The molecule has 0 atom stereocenters. The van der Waals surface area contributed by atoms with Gasteiger partial charge in [-0.1, -0.05) is 35.3 Å². The van der Waals surface area contributed by atoms with Gasteiger partial charge in [-0.25, -0.2) is 0 Å². The summed E-state index contributed by atoms with van der Waals surface area (Å²) in [6.45, 7) is 0.326. The lowest BCUT2D eigenvalue weighted by molar-refractivity contribution is -0.383. The van der Waals surface area contributed by atoms with E-state index in [0.29, 0.717) is 22.9 Å². The van der Waals surface area contributed by atoms with Crippen molar-refractivity contribution in [3.05, 3.63) is 98.0 Å². The van der Waals surface area contributed by atoms with Crippen LogP contribution in [0.5, 0.6) is 5.75 Å². The van der Waals surface area contributed by atoms with Crippen molar-refractivity contribution in [1.82, 2.24) is 0 Å². The van der Waals surface area contributed by atoms with E-state index in [4.69, 9.17) is 27.9 Å². The third-order valence-corrected chi connectivity index (χ3v) is 4.33. The van der Waals surface area contributed by atoms with Crippen molar-refractivity contribution in [2.24, 2.45) is 0 Å². The lowest BCUT2D eigenvalue weighted by Crippen LogP contribution is -2.13. The molecule has 0 aliphatic carbocycles. The van der Waals surface area contributed by atoms with Gasteiger partial charge in [-0.3, -0.25) is 14.9 Å². The van der Waals surface area contributed by atoms with Crippen LogP contribution in [0.2, 0.25) is 10.0 Å². The molecular formula is C20H14Cl2N2O4. The van der Waals surface area contributed by atoms with E-state index in [0.717, 1.165) is 5.56 Å². The third-order valence-electron chi connectivity index (χ3n) is 3.84. The van der Waals surface area contributed by atoms with Crippen LogP contribution < -0.4 is 10.1 Å². The van der Waals surface area contributed by atoms with E-state index in [2.05, 4.69) is 5.32 Å². The van der Waals surface area contributed by atoms with Crippen LogP contribution in [0, 0.1) is 10.1 Å². The summed E-state index contributed by atoms with van der Waals surface area (Å²) in [5.41, 5.74) is 1.03. The summed E-state index contributed by atoms with van der Waals surface area (Å²) >= 11 is 11.6. The molecule has 6 nitrogen and oxygen atoms in total. The van der Waals surface area contributed by atoms with E-state index >= 15 is 0 Å². The Kier molecular flexibility index (Phi) is 6.13. The quantitative estimate of drug-likeness (QED) is 0.410. The maximum Gasteiger partial charge on any atom is 0.294 e. The number of nitrogens with zero attached hydrogens (tertiary/aromatic N) is 1. The highest BCUT2D eigenvalue weighted by molar-refractivity contribution is 6.31. The Morgan fingerprint density at radius 2 is 1.61 bits per heavy atom. The van der Waals surface area contributed by atoms with Crippen molar-refractivity contribution >= 4 is 40.5 Å². The van der Waals surface area contributed by atoms with Crippen molar-refractivity contribution in [3.8, 4) is 5.75 Å². The topological polar surface area (TPSA) is 81.5 Å². The number of nitro groups is 1. The number of nitro benzene ring substituents is 1. The standard InChI is InChI=1S/C20H14Cl2N2O4/c21-15-5-8-17(9-6-15)28-12-13-1-3-14(4-2-13)20(25)23-18-10-7-16(22)11-19(18)24(26)27/h1-11H,12H2,(H,23,25). The summed E-state index contributed by atoms with van der Waals surface area (Å²) in [6.07, 6.45) is 0. The van der Waals surface area contributed by atoms with E-state index in [1.807, 2.05) is 0 Å². The van der Waals surface area contributed by atoms with Gasteiger partial charge < -0.3 is 10.1 Å². The van der Waals surface area contributed by atoms with Crippen molar-refractivity contribution in [1.29, 1.82) is 0 Å². The van der Waals surface area contributed by atoms with Crippen molar-refractivity contribution in [2.75, 3.05) is 5.32 Å². The van der Waals surface area contributed by atoms with Crippen LogP contribution in [0.3, 0.4) is 0 Å². The molecule has 28 heavy (non-hydrogen) atoms. The van der Waals surface area contributed by atoms with Gasteiger partial charge in [0.05, 0.1) is 4.92 Å². The fourth-order valence-corrected chi connectivity index (χ4v) is 2.70. The normalized spacial score (nSPS) is 10.4. The van der Waals surface area contributed by atoms with Crippen LogP contribution in [-0.2, 0) is 6.61 Å². The number of anilines is 1. The second-order valence-corrected chi connectivity index (χ2v) is 6.69. The largest absolute Gasteiger partial charge is 0.489 e. The van der Waals surface area contributed by atoms with Crippen LogP contribution in [0.15, 0.2) is 66.7 Å². The van der Waals surface area contributed by atoms with E-state index in [9.17, 15) is 14.9 Å². The van der Waals surface area contributed by atoms with Gasteiger partial charge in [0.15, 0.2) is 0 Å². The lowest BCUT2D eigenvalue weighted by Gasteiger charge is -2.08. The van der Waals surface area contributed by atoms with Crippen molar-refractivity contribution in [2.45, 2.75) is 6.61 Å². The molecule has 0 spiro atoms. The Balaban J connectivity index is 1.65.